The fourth-order valence-electron chi connectivity index (χ4n) is 6.28. The molecule has 0 saturated carbocycles. The number of allylic oxidation sites excluding steroid dienone is 2. The number of nitrogens with one attached hydrogen (secondary N) is 2. The molecular weight excluding hydrogens is 436 g/mol. The zero-order chi connectivity index (χ0) is 23.6. The molecule has 7 rings (SSSR count). The summed E-state index contributed by atoms with van der Waals surface area (Å²) in [6.45, 7) is 4.65. The molecule has 2 fully saturated rings. The number of benzene rings is 1. The van der Waals surface area contributed by atoms with E-state index in [-0.39, 0.29) is 11.2 Å². The quantitative estimate of drug-likeness (QED) is 0.607. The van der Waals surface area contributed by atoms with E-state index in [1.165, 1.54) is 11.3 Å². The number of likely N-dealkylation sites (N-methyl/N-ethyl adjacent to an activating group) is 1. The second-order valence-corrected chi connectivity index (χ2v) is 10.3. The Bertz CT molecular complexity index is 1470. The van der Waals surface area contributed by atoms with Gasteiger partial charge in [-0.25, -0.2) is 4.98 Å². The van der Waals surface area contributed by atoms with E-state index in [1.807, 2.05) is 24.5 Å². The van der Waals surface area contributed by atoms with Gasteiger partial charge in [0.2, 0.25) is 0 Å². The number of pyridine rings is 1. The Balaban J connectivity index is 1.34. The highest BCUT2D eigenvalue weighted by molar-refractivity contribution is 6.04. The van der Waals surface area contributed by atoms with Crippen molar-refractivity contribution in [2.75, 3.05) is 39.8 Å². The van der Waals surface area contributed by atoms with Gasteiger partial charge in [-0.15, -0.1) is 5.10 Å². The van der Waals surface area contributed by atoms with Crippen molar-refractivity contribution in [3.8, 4) is 11.1 Å². The second-order valence-electron chi connectivity index (χ2n) is 10.3. The monoisotopic (exact) mass is 464 g/mol. The SMILES string of the molecule is CN1CCN2N=C=CC(c3cnc4[nH]cc(-c5ccc6c(c5)C5(CCNCC5)CC6=O)c4c3)=C2C1. The molecule has 0 bridgehead atoms. The van der Waals surface area contributed by atoms with Crippen LogP contribution in [0, 0.1) is 0 Å². The molecule has 2 aromatic heterocycles. The third kappa shape index (κ3) is 3.23. The summed E-state index contributed by atoms with van der Waals surface area (Å²) < 4.78 is 0. The van der Waals surface area contributed by atoms with Crippen molar-refractivity contribution in [1.29, 1.82) is 0 Å². The minimum atomic E-state index is -0.0155. The fraction of sp³-hybridized carbons (Fsp3) is 0.357. The van der Waals surface area contributed by atoms with Crippen LogP contribution in [0.5, 0.6) is 0 Å². The van der Waals surface area contributed by atoms with Crippen molar-refractivity contribution < 1.29 is 4.79 Å². The number of piperidine rings is 1. The lowest BCUT2D eigenvalue weighted by Crippen LogP contribution is -2.41. The van der Waals surface area contributed by atoms with E-state index in [1.54, 1.807) is 0 Å². The number of hydrogen-bond donors (Lipinski definition) is 2. The molecule has 1 aliphatic carbocycles. The lowest BCUT2D eigenvalue weighted by Gasteiger charge is -2.34. The van der Waals surface area contributed by atoms with Gasteiger partial charge < -0.3 is 10.3 Å². The summed E-state index contributed by atoms with van der Waals surface area (Å²) in [5, 5.41) is 11.1. The number of aromatic amines is 1. The summed E-state index contributed by atoms with van der Waals surface area (Å²) in [5.74, 6) is 3.37. The molecule has 3 aromatic rings. The van der Waals surface area contributed by atoms with E-state index in [0.717, 1.165) is 84.4 Å². The van der Waals surface area contributed by atoms with Crippen LogP contribution in [0.4, 0.5) is 0 Å². The number of hydrogen-bond acceptors (Lipinski definition) is 6. The number of ketones is 1. The number of H-pyrrole nitrogens is 1. The van der Waals surface area contributed by atoms with Gasteiger partial charge in [0.05, 0.1) is 12.2 Å². The molecule has 1 spiro atoms. The number of nitrogens with zero attached hydrogens (tertiary/aromatic N) is 4. The average Bonchev–Trinajstić information content (AvgIpc) is 3.42. The maximum Gasteiger partial charge on any atom is 0.164 e. The molecule has 1 aromatic carbocycles. The van der Waals surface area contributed by atoms with Crippen LogP contribution in [0.3, 0.4) is 0 Å². The third-order valence-corrected chi connectivity index (χ3v) is 8.23. The Morgan fingerprint density at radius 1 is 1.09 bits per heavy atom. The van der Waals surface area contributed by atoms with Gasteiger partial charge in [-0.3, -0.25) is 14.7 Å². The summed E-state index contributed by atoms with van der Waals surface area (Å²) in [6.07, 6.45) is 8.64. The Morgan fingerprint density at radius 2 is 1.97 bits per heavy atom. The number of carbonyl (C=O) groups excluding carboxylic acids is 1. The molecule has 0 atom stereocenters. The van der Waals surface area contributed by atoms with Gasteiger partial charge >= 0.3 is 0 Å². The molecule has 35 heavy (non-hydrogen) atoms. The molecule has 2 saturated heterocycles. The summed E-state index contributed by atoms with van der Waals surface area (Å²) in [7, 11) is 2.14. The molecule has 0 unspecified atom stereocenters. The maximum absolute atomic E-state index is 12.8. The fourth-order valence-corrected chi connectivity index (χ4v) is 6.28. The summed E-state index contributed by atoms with van der Waals surface area (Å²) in [6, 6.07) is 8.64. The minimum Gasteiger partial charge on any atom is -0.346 e. The van der Waals surface area contributed by atoms with Crippen LogP contribution < -0.4 is 5.32 Å². The highest BCUT2D eigenvalue weighted by atomic mass is 16.1. The van der Waals surface area contributed by atoms with E-state index in [9.17, 15) is 4.79 Å². The molecule has 0 radical (unpaired) electrons. The third-order valence-electron chi connectivity index (χ3n) is 8.23. The summed E-state index contributed by atoms with van der Waals surface area (Å²) in [4.78, 5) is 23.3. The lowest BCUT2D eigenvalue weighted by molar-refractivity contribution is 0.0964. The predicted molar refractivity (Wildman–Crippen MR) is 137 cm³/mol. The van der Waals surface area contributed by atoms with Gasteiger partial charge in [-0.2, -0.15) is 0 Å². The van der Waals surface area contributed by atoms with Crippen molar-refractivity contribution in [2.24, 2.45) is 5.10 Å². The van der Waals surface area contributed by atoms with Crippen LogP contribution in [0.25, 0.3) is 27.7 Å². The van der Waals surface area contributed by atoms with Crippen LogP contribution in [-0.2, 0) is 5.41 Å². The van der Waals surface area contributed by atoms with Crippen LogP contribution >= 0.6 is 0 Å². The Hall–Kier alpha value is -3.51. The predicted octanol–water partition coefficient (Wildman–Crippen LogP) is 3.55. The van der Waals surface area contributed by atoms with E-state index >= 15 is 0 Å². The van der Waals surface area contributed by atoms with Crippen LogP contribution in [0.1, 0.15) is 40.7 Å². The van der Waals surface area contributed by atoms with Crippen LogP contribution in [-0.4, -0.2) is 71.3 Å². The second kappa shape index (κ2) is 7.75. The average molecular weight is 465 g/mol. The van der Waals surface area contributed by atoms with Crippen molar-refractivity contribution in [1.82, 2.24) is 25.2 Å². The number of aromatic nitrogens is 2. The Morgan fingerprint density at radius 3 is 2.86 bits per heavy atom. The molecule has 4 aliphatic rings. The highest BCUT2D eigenvalue weighted by Crippen LogP contribution is 2.46. The normalized spacial score (nSPS) is 21.3. The van der Waals surface area contributed by atoms with E-state index in [2.05, 4.69) is 56.4 Å². The largest absolute Gasteiger partial charge is 0.346 e. The van der Waals surface area contributed by atoms with Gasteiger partial charge in [0.15, 0.2) is 5.78 Å². The van der Waals surface area contributed by atoms with Gasteiger partial charge in [0.25, 0.3) is 0 Å². The van der Waals surface area contributed by atoms with Gasteiger partial charge in [0, 0.05) is 76.9 Å². The first-order chi connectivity index (χ1) is 17.1. The van der Waals surface area contributed by atoms with E-state index in [4.69, 9.17) is 4.98 Å². The van der Waals surface area contributed by atoms with Crippen LogP contribution in [0.2, 0.25) is 0 Å². The Labute approximate surface area is 204 Å². The number of piperazine rings is 1. The molecular formula is C28H28N6O. The number of fused-ring (bicyclic) bond motifs is 4. The first-order valence-electron chi connectivity index (χ1n) is 12.5. The first-order valence-corrected chi connectivity index (χ1v) is 12.5. The Kier molecular flexibility index (Phi) is 4.61. The summed E-state index contributed by atoms with van der Waals surface area (Å²) >= 11 is 0. The standard InChI is InChI=1S/C28H28N6O/c1-33-10-11-34-25(17-33)20(4-7-32-34)19-12-22-23(16-31-27(22)30-15-19)18-2-3-21-24(13-18)28(14-26(21)35)5-8-29-9-6-28/h2-4,12-13,15-16,29H,5-6,8-11,14,17H2,1H3,(H,30,31). The van der Waals surface area contributed by atoms with Crippen molar-refractivity contribution in [3.63, 3.8) is 0 Å². The number of carbonyl (C=O) groups is 1. The zero-order valence-electron chi connectivity index (χ0n) is 19.9. The van der Waals surface area contributed by atoms with E-state index in [0.29, 0.717) is 6.42 Å². The number of Topliss-reactive ketones (excluding diaryl/α,β-unsaturated/α-hetero) is 1. The lowest BCUT2D eigenvalue weighted by atomic mass is 9.74. The number of rotatable bonds is 2. The molecule has 0 amide bonds. The van der Waals surface area contributed by atoms with Crippen molar-refractivity contribution in [3.05, 3.63) is 65.1 Å². The molecule has 176 valence electrons. The minimum absolute atomic E-state index is 0.0155. The van der Waals surface area contributed by atoms with Gasteiger partial charge in [-0.05, 0) is 56.2 Å². The smallest absolute Gasteiger partial charge is 0.164 e. The van der Waals surface area contributed by atoms with Crippen molar-refractivity contribution in [2.45, 2.75) is 24.7 Å². The van der Waals surface area contributed by atoms with Crippen molar-refractivity contribution >= 4 is 28.3 Å². The zero-order valence-corrected chi connectivity index (χ0v) is 19.9. The van der Waals surface area contributed by atoms with Gasteiger partial charge in [-0.1, -0.05) is 12.1 Å². The maximum atomic E-state index is 12.8. The summed E-state index contributed by atoms with van der Waals surface area (Å²) in [5.41, 5.74) is 8.65. The topological polar surface area (TPSA) is 76.6 Å². The molecule has 2 N–H and O–H groups in total. The molecule has 7 heteroatoms. The van der Waals surface area contributed by atoms with Crippen LogP contribution in [0.15, 0.2) is 53.5 Å². The number of hydrazone groups is 1. The molecule has 3 aliphatic heterocycles. The van der Waals surface area contributed by atoms with E-state index < -0.39 is 0 Å². The molecule has 7 nitrogen and oxygen atoms in total. The highest BCUT2D eigenvalue weighted by Gasteiger charge is 2.43. The molecule has 5 heterocycles. The first kappa shape index (κ1) is 20.8. The van der Waals surface area contributed by atoms with Gasteiger partial charge in [0.1, 0.15) is 5.65 Å².